The topological polar surface area (TPSA) is 40.5 Å². The van der Waals surface area contributed by atoms with Crippen LogP contribution in [-0.2, 0) is 4.79 Å². The second-order valence-corrected chi connectivity index (χ2v) is 6.82. The van der Waals surface area contributed by atoms with E-state index in [1.165, 1.54) is 0 Å². The molecule has 0 saturated carbocycles. The largest absolute Gasteiger partial charge is 0.481 e. The quantitative estimate of drug-likeness (QED) is 0.905. The van der Waals surface area contributed by atoms with Gasteiger partial charge in [-0.05, 0) is 18.6 Å². The van der Waals surface area contributed by atoms with Gasteiger partial charge in [-0.2, -0.15) is 11.8 Å². The number of benzene rings is 1. The van der Waals surface area contributed by atoms with Crippen LogP contribution < -0.4 is 0 Å². The van der Waals surface area contributed by atoms with Gasteiger partial charge < -0.3 is 5.11 Å². The van der Waals surface area contributed by atoms with Crippen LogP contribution >= 0.6 is 35.0 Å². The molecule has 0 bridgehead atoms. The lowest BCUT2D eigenvalue weighted by atomic mass is 10.0. The Labute approximate surface area is 133 Å². The van der Waals surface area contributed by atoms with Gasteiger partial charge in [0.25, 0.3) is 0 Å². The third kappa shape index (κ3) is 3.61. The Kier molecular flexibility index (Phi) is 5.61. The summed E-state index contributed by atoms with van der Waals surface area (Å²) in [7, 11) is 0. The normalized spacial score (nSPS) is 21.6. The van der Waals surface area contributed by atoms with Crippen molar-refractivity contribution in [1.29, 1.82) is 0 Å². The third-order valence-electron chi connectivity index (χ3n) is 3.61. The van der Waals surface area contributed by atoms with Crippen molar-refractivity contribution < 1.29 is 9.90 Å². The van der Waals surface area contributed by atoms with Crippen LogP contribution in [0.4, 0.5) is 0 Å². The van der Waals surface area contributed by atoms with E-state index in [1.54, 1.807) is 17.8 Å². The molecule has 0 spiro atoms. The molecule has 0 aliphatic carbocycles. The molecule has 0 amide bonds. The Balaban J connectivity index is 2.22. The molecule has 110 valence electrons. The fraction of sp³-hybridized carbons (Fsp3) is 0.500. The first-order valence-electron chi connectivity index (χ1n) is 6.50. The maximum absolute atomic E-state index is 11.0. The number of aliphatic carboxylic acids is 1. The molecule has 1 saturated heterocycles. The fourth-order valence-corrected chi connectivity index (χ4v) is 4.13. The van der Waals surface area contributed by atoms with Crippen molar-refractivity contribution in [3.8, 4) is 0 Å². The first-order chi connectivity index (χ1) is 9.50. The van der Waals surface area contributed by atoms with Crippen LogP contribution in [0.5, 0.6) is 0 Å². The number of thioether (sulfide) groups is 1. The van der Waals surface area contributed by atoms with Crippen LogP contribution in [0.3, 0.4) is 0 Å². The summed E-state index contributed by atoms with van der Waals surface area (Å²) in [6.07, 6.45) is 0.162. The highest BCUT2D eigenvalue weighted by Crippen LogP contribution is 2.35. The van der Waals surface area contributed by atoms with Crippen LogP contribution in [0.15, 0.2) is 18.2 Å². The first-order valence-corrected chi connectivity index (χ1v) is 8.41. The minimum absolute atomic E-state index is 0.0382. The number of hydrogen-bond acceptors (Lipinski definition) is 3. The van der Waals surface area contributed by atoms with Crippen molar-refractivity contribution in [2.75, 3.05) is 18.1 Å². The Hall–Kier alpha value is -0.420. The lowest BCUT2D eigenvalue weighted by molar-refractivity contribution is -0.138. The van der Waals surface area contributed by atoms with Gasteiger partial charge in [-0.1, -0.05) is 35.3 Å². The zero-order chi connectivity index (χ0) is 14.7. The van der Waals surface area contributed by atoms with Crippen molar-refractivity contribution >= 4 is 40.9 Å². The second-order valence-electron chi connectivity index (χ2n) is 4.88. The molecule has 1 aromatic rings. The van der Waals surface area contributed by atoms with Gasteiger partial charge >= 0.3 is 5.97 Å². The van der Waals surface area contributed by atoms with Gasteiger partial charge in [0.2, 0.25) is 0 Å². The summed E-state index contributed by atoms with van der Waals surface area (Å²) in [5.41, 5.74) is 0.960. The molecule has 0 aromatic heterocycles. The Morgan fingerprint density at radius 2 is 2.30 bits per heavy atom. The van der Waals surface area contributed by atoms with Crippen LogP contribution in [-0.4, -0.2) is 40.1 Å². The number of halogens is 2. The minimum atomic E-state index is -0.758. The summed E-state index contributed by atoms with van der Waals surface area (Å²) in [6, 6.07) is 5.70. The van der Waals surface area contributed by atoms with E-state index < -0.39 is 5.97 Å². The van der Waals surface area contributed by atoms with E-state index in [0.29, 0.717) is 10.0 Å². The smallest absolute Gasteiger partial charge is 0.304 e. The van der Waals surface area contributed by atoms with Crippen molar-refractivity contribution in [2.24, 2.45) is 0 Å². The lowest BCUT2D eigenvalue weighted by Crippen LogP contribution is -2.44. The summed E-state index contributed by atoms with van der Waals surface area (Å²) in [6.45, 7) is 2.93. The molecular weight excluding hydrogens is 317 g/mol. The minimum Gasteiger partial charge on any atom is -0.481 e. The van der Waals surface area contributed by atoms with Gasteiger partial charge in [-0.15, -0.1) is 0 Å². The summed E-state index contributed by atoms with van der Waals surface area (Å²) in [4.78, 5) is 13.2. The average Bonchev–Trinajstić information content (AvgIpc) is 2.41. The van der Waals surface area contributed by atoms with Crippen molar-refractivity contribution in [2.45, 2.75) is 25.4 Å². The molecule has 1 heterocycles. The monoisotopic (exact) mass is 333 g/mol. The Bertz CT molecular complexity index is 498. The van der Waals surface area contributed by atoms with Gasteiger partial charge in [-0.25, -0.2) is 0 Å². The molecule has 1 aliphatic heterocycles. The standard InChI is InChI=1S/C14H17Cl2NO2S/c1-9(11-3-2-4-12(15)14(11)16)17-5-6-20-8-10(17)7-13(18)19/h2-4,9-10H,5-8H2,1H3,(H,18,19). The van der Waals surface area contributed by atoms with Crippen LogP contribution in [0, 0.1) is 0 Å². The first kappa shape index (κ1) is 16.0. The molecule has 3 nitrogen and oxygen atoms in total. The van der Waals surface area contributed by atoms with Crippen LogP contribution in [0.1, 0.15) is 24.9 Å². The maximum Gasteiger partial charge on any atom is 0.304 e. The van der Waals surface area contributed by atoms with Crippen molar-refractivity contribution in [1.82, 2.24) is 4.90 Å². The predicted octanol–water partition coefficient (Wildman–Crippen LogP) is 3.95. The average molecular weight is 334 g/mol. The molecule has 2 atom stereocenters. The molecule has 6 heteroatoms. The molecule has 2 rings (SSSR count). The highest BCUT2D eigenvalue weighted by molar-refractivity contribution is 7.99. The Morgan fingerprint density at radius 3 is 3.00 bits per heavy atom. The fourth-order valence-electron chi connectivity index (χ4n) is 2.58. The molecule has 20 heavy (non-hydrogen) atoms. The van der Waals surface area contributed by atoms with Gasteiger partial charge in [0.1, 0.15) is 0 Å². The van der Waals surface area contributed by atoms with Gasteiger partial charge in [0.05, 0.1) is 16.5 Å². The maximum atomic E-state index is 11.0. The van der Waals surface area contributed by atoms with E-state index in [1.807, 2.05) is 12.1 Å². The van der Waals surface area contributed by atoms with E-state index in [4.69, 9.17) is 28.3 Å². The van der Waals surface area contributed by atoms with Gasteiger partial charge in [0, 0.05) is 30.1 Å². The zero-order valence-electron chi connectivity index (χ0n) is 11.2. The highest BCUT2D eigenvalue weighted by atomic mass is 35.5. The van der Waals surface area contributed by atoms with E-state index in [0.717, 1.165) is 23.6 Å². The van der Waals surface area contributed by atoms with E-state index in [-0.39, 0.29) is 18.5 Å². The van der Waals surface area contributed by atoms with Crippen LogP contribution in [0.25, 0.3) is 0 Å². The molecule has 1 N–H and O–H groups in total. The molecule has 1 aromatic carbocycles. The lowest BCUT2D eigenvalue weighted by Gasteiger charge is -2.39. The van der Waals surface area contributed by atoms with Crippen molar-refractivity contribution in [3.05, 3.63) is 33.8 Å². The number of carbonyl (C=O) groups is 1. The van der Waals surface area contributed by atoms with Crippen molar-refractivity contribution in [3.63, 3.8) is 0 Å². The predicted molar refractivity (Wildman–Crippen MR) is 84.9 cm³/mol. The van der Waals surface area contributed by atoms with E-state index >= 15 is 0 Å². The number of carboxylic acids is 1. The second kappa shape index (κ2) is 7.03. The molecule has 1 fully saturated rings. The number of carboxylic acid groups (broad SMARTS) is 1. The van der Waals surface area contributed by atoms with Gasteiger partial charge in [0.15, 0.2) is 0 Å². The zero-order valence-corrected chi connectivity index (χ0v) is 13.5. The molecular formula is C14H17Cl2NO2S. The molecule has 1 aliphatic rings. The number of rotatable bonds is 4. The highest BCUT2D eigenvalue weighted by Gasteiger charge is 2.30. The summed E-state index contributed by atoms with van der Waals surface area (Å²) in [5, 5.41) is 10.2. The Morgan fingerprint density at radius 1 is 1.55 bits per heavy atom. The summed E-state index contributed by atoms with van der Waals surface area (Å²) < 4.78 is 0. The number of nitrogens with zero attached hydrogens (tertiary/aromatic N) is 1. The summed E-state index contributed by atoms with van der Waals surface area (Å²) in [5.74, 6) is 1.10. The number of hydrogen-bond donors (Lipinski definition) is 1. The van der Waals surface area contributed by atoms with E-state index in [2.05, 4.69) is 11.8 Å². The SMILES string of the molecule is CC(c1cccc(Cl)c1Cl)N1CCSCC1CC(=O)O. The summed E-state index contributed by atoms with van der Waals surface area (Å²) >= 11 is 14.2. The third-order valence-corrected chi connectivity index (χ3v) is 5.54. The van der Waals surface area contributed by atoms with Gasteiger partial charge in [-0.3, -0.25) is 9.69 Å². The van der Waals surface area contributed by atoms with E-state index in [9.17, 15) is 4.79 Å². The molecule has 0 radical (unpaired) electrons. The van der Waals surface area contributed by atoms with Crippen LogP contribution in [0.2, 0.25) is 10.0 Å². The molecule has 2 unspecified atom stereocenters.